The second-order valence-corrected chi connectivity index (χ2v) is 5.31. The fraction of sp³-hybridized carbons (Fsp3) is 0.455. The van der Waals surface area contributed by atoms with Gasteiger partial charge >= 0.3 is 0 Å². The van der Waals surface area contributed by atoms with Crippen molar-refractivity contribution in [2.45, 2.75) is 33.7 Å². The molecule has 0 aliphatic carbocycles. The smallest absolute Gasteiger partial charge is 0.195 e. The largest absolute Gasteiger partial charge is 0.300 e. The first-order valence-electron chi connectivity index (χ1n) is 5.35. The minimum atomic E-state index is 0.708. The molecule has 0 unspecified atom stereocenters. The zero-order valence-electron chi connectivity index (χ0n) is 9.70. The third-order valence-corrected chi connectivity index (χ3v) is 4.06. The molecule has 2 aromatic heterocycles. The lowest BCUT2D eigenvalue weighted by Gasteiger charge is -2.04. The second kappa shape index (κ2) is 4.51. The molecule has 0 saturated heterocycles. The molecule has 86 valence electrons. The van der Waals surface area contributed by atoms with Crippen LogP contribution in [0, 0.1) is 18.6 Å². The lowest BCUT2D eigenvalue weighted by molar-refractivity contribution is 0.675. The summed E-state index contributed by atoms with van der Waals surface area (Å²) in [5, 5.41) is 9.36. The first kappa shape index (κ1) is 11.5. The van der Waals surface area contributed by atoms with Crippen LogP contribution in [-0.2, 0) is 6.54 Å². The van der Waals surface area contributed by atoms with Gasteiger partial charge in [0.05, 0.1) is 0 Å². The molecule has 2 heterocycles. The SMILES string of the molecule is CCCn1c(-c2csc(C)c2C)n[nH]c1=S. The number of hydrogen-bond donors (Lipinski definition) is 1. The summed E-state index contributed by atoms with van der Waals surface area (Å²) in [6.45, 7) is 7.33. The maximum atomic E-state index is 5.24. The van der Waals surface area contributed by atoms with Crippen LogP contribution in [0.1, 0.15) is 23.8 Å². The molecule has 0 aliphatic rings. The molecule has 0 fully saturated rings. The van der Waals surface area contributed by atoms with Crippen molar-refractivity contribution in [3.8, 4) is 11.4 Å². The Labute approximate surface area is 104 Å². The van der Waals surface area contributed by atoms with Crippen molar-refractivity contribution >= 4 is 23.6 Å². The average molecular weight is 253 g/mol. The van der Waals surface area contributed by atoms with E-state index in [0.29, 0.717) is 4.77 Å². The van der Waals surface area contributed by atoms with E-state index in [1.165, 1.54) is 16.0 Å². The van der Waals surface area contributed by atoms with Gasteiger partial charge in [-0.2, -0.15) is 5.10 Å². The number of thiophene rings is 1. The zero-order chi connectivity index (χ0) is 11.7. The van der Waals surface area contributed by atoms with Crippen LogP contribution in [0.25, 0.3) is 11.4 Å². The second-order valence-electron chi connectivity index (χ2n) is 3.83. The Morgan fingerprint density at radius 3 is 2.81 bits per heavy atom. The van der Waals surface area contributed by atoms with E-state index >= 15 is 0 Å². The van der Waals surface area contributed by atoms with Gasteiger partial charge in [0, 0.05) is 22.4 Å². The van der Waals surface area contributed by atoms with E-state index in [1.807, 2.05) is 0 Å². The summed E-state index contributed by atoms with van der Waals surface area (Å²) >= 11 is 7.00. The molecule has 0 aromatic carbocycles. The molecule has 0 spiro atoms. The van der Waals surface area contributed by atoms with Gasteiger partial charge in [-0.05, 0) is 38.0 Å². The van der Waals surface area contributed by atoms with Crippen LogP contribution in [0.4, 0.5) is 0 Å². The summed E-state index contributed by atoms with van der Waals surface area (Å²) < 4.78 is 2.78. The third-order valence-electron chi connectivity index (χ3n) is 2.73. The lowest BCUT2D eigenvalue weighted by atomic mass is 10.1. The maximum Gasteiger partial charge on any atom is 0.195 e. The van der Waals surface area contributed by atoms with Crippen molar-refractivity contribution in [3.05, 3.63) is 20.6 Å². The summed E-state index contributed by atoms with van der Waals surface area (Å²) in [7, 11) is 0. The highest BCUT2D eigenvalue weighted by Gasteiger charge is 2.13. The number of aromatic nitrogens is 3. The van der Waals surface area contributed by atoms with Crippen LogP contribution in [0.2, 0.25) is 0 Å². The number of rotatable bonds is 3. The van der Waals surface area contributed by atoms with E-state index in [0.717, 1.165) is 18.8 Å². The van der Waals surface area contributed by atoms with Crippen LogP contribution < -0.4 is 0 Å². The summed E-state index contributed by atoms with van der Waals surface area (Å²) in [6, 6.07) is 0. The predicted molar refractivity (Wildman–Crippen MR) is 70.5 cm³/mol. The van der Waals surface area contributed by atoms with Gasteiger partial charge in [0.15, 0.2) is 10.6 Å². The molecule has 0 atom stereocenters. The molecule has 16 heavy (non-hydrogen) atoms. The average Bonchev–Trinajstić information content (AvgIpc) is 2.76. The molecule has 0 saturated carbocycles. The molecule has 1 N–H and O–H groups in total. The van der Waals surface area contributed by atoms with Crippen molar-refractivity contribution in [1.82, 2.24) is 14.8 Å². The minimum absolute atomic E-state index is 0.708. The lowest BCUT2D eigenvalue weighted by Crippen LogP contribution is -2.00. The Kier molecular flexibility index (Phi) is 3.25. The Hall–Kier alpha value is -0.940. The van der Waals surface area contributed by atoms with E-state index < -0.39 is 0 Å². The topological polar surface area (TPSA) is 33.6 Å². The number of nitrogens with zero attached hydrogens (tertiary/aromatic N) is 2. The van der Waals surface area contributed by atoms with E-state index in [4.69, 9.17) is 12.2 Å². The van der Waals surface area contributed by atoms with Crippen LogP contribution >= 0.6 is 23.6 Å². The quantitative estimate of drug-likeness (QED) is 0.846. The highest BCUT2D eigenvalue weighted by atomic mass is 32.1. The standard InChI is InChI=1S/C11H15N3S2/c1-4-5-14-10(12-13-11(14)15)9-6-16-8(3)7(9)2/h6H,4-5H2,1-3H3,(H,13,15). The van der Waals surface area contributed by atoms with E-state index in [9.17, 15) is 0 Å². The molecule has 0 amide bonds. The van der Waals surface area contributed by atoms with Crippen LogP contribution in [-0.4, -0.2) is 14.8 Å². The van der Waals surface area contributed by atoms with Crippen molar-refractivity contribution in [2.75, 3.05) is 0 Å². The molecular weight excluding hydrogens is 238 g/mol. The van der Waals surface area contributed by atoms with Gasteiger partial charge in [0.25, 0.3) is 0 Å². The Morgan fingerprint density at radius 1 is 1.50 bits per heavy atom. The van der Waals surface area contributed by atoms with Gasteiger partial charge in [-0.1, -0.05) is 6.92 Å². The molecule has 0 radical (unpaired) electrons. The fourth-order valence-corrected chi connectivity index (χ4v) is 2.78. The monoisotopic (exact) mass is 253 g/mol. The van der Waals surface area contributed by atoms with Crippen molar-refractivity contribution in [2.24, 2.45) is 0 Å². The summed E-state index contributed by atoms with van der Waals surface area (Å²) in [6.07, 6.45) is 1.06. The Bertz CT molecular complexity index is 548. The van der Waals surface area contributed by atoms with Crippen molar-refractivity contribution in [3.63, 3.8) is 0 Å². The molecule has 2 aromatic rings. The zero-order valence-corrected chi connectivity index (χ0v) is 11.3. The van der Waals surface area contributed by atoms with E-state index in [-0.39, 0.29) is 0 Å². The highest BCUT2D eigenvalue weighted by molar-refractivity contribution is 7.71. The number of H-pyrrole nitrogens is 1. The van der Waals surface area contributed by atoms with Gasteiger partial charge in [0.2, 0.25) is 0 Å². The third kappa shape index (κ3) is 1.85. The van der Waals surface area contributed by atoms with Gasteiger partial charge in [0.1, 0.15) is 0 Å². The minimum Gasteiger partial charge on any atom is -0.300 e. The molecule has 3 nitrogen and oxygen atoms in total. The summed E-state index contributed by atoms with van der Waals surface area (Å²) in [5.41, 5.74) is 2.50. The Morgan fingerprint density at radius 2 is 2.25 bits per heavy atom. The van der Waals surface area contributed by atoms with Gasteiger partial charge in [-0.15, -0.1) is 11.3 Å². The first-order chi connectivity index (χ1) is 7.65. The number of aryl methyl sites for hydroxylation is 1. The molecule has 5 heteroatoms. The maximum absolute atomic E-state index is 5.24. The predicted octanol–water partition coefficient (Wildman–Crippen LogP) is 3.70. The fourth-order valence-electron chi connectivity index (χ4n) is 1.69. The van der Waals surface area contributed by atoms with Gasteiger partial charge in [-0.3, -0.25) is 5.10 Å². The van der Waals surface area contributed by atoms with E-state index in [1.54, 1.807) is 11.3 Å². The summed E-state index contributed by atoms with van der Waals surface area (Å²) in [5.74, 6) is 0.966. The van der Waals surface area contributed by atoms with Crippen molar-refractivity contribution < 1.29 is 0 Å². The molecule has 2 rings (SSSR count). The molecule has 0 aliphatic heterocycles. The summed E-state index contributed by atoms with van der Waals surface area (Å²) in [4.78, 5) is 1.34. The van der Waals surface area contributed by atoms with Gasteiger partial charge in [-0.25, -0.2) is 0 Å². The highest BCUT2D eigenvalue weighted by Crippen LogP contribution is 2.29. The molecular formula is C11H15N3S2. The van der Waals surface area contributed by atoms with Crippen LogP contribution in [0.15, 0.2) is 5.38 Å². The van der Waals surface area contributed by atoms with Crippen LogP contribution in [0.5, 0.6) is 0 Å². The van der Waals surface area contributed by atoms with Gasteiger partial charge < -0.3 is 4.57 Å². The number of hydrogen-bond acceptors (Lipinski definition) is 3. The van der Waals surface area contributed by atoms with E-state index in [2.05, 4.69) is 40.9 Å². The normalized spacial score (nSPS) is 10.9. The Balaban J connectivity index is 2.56. The van der Waals surface area contributed by atoms with Crippen molar-refractivity contribution in [1.29, 1.82) is 0 Å². The number of nitrogens with one attached hydrogen (secondary N) is 1. The number of aromatic amines is 1. The van der Waals surface area contributed by atoms with Crippen LogP contribution in [0.3, 0.4) is 0 Å². The molecule has 0 bridgehead atoms. The first-order valence-corrected chi connectivity index (χ1v) is 6.64.